The van der Waals surface area contributed by atoms with E-state index >= 15 is 0 Å². The first-order chi connectivity index (χ1) is 11.8. The van der Waals surface area contributed by atoms with E-state index in [0.29, 0.717) is 6.04 Å². The number of ether oxygens (including phenoxy) is 1. The molecule has 0 radical (unpaired) electrons. The lowest BCUT2D eigenvalue weighted by molar-refractivity contribution is -0.0249. The first-order valence-corrected chi connectivity index (χ1v) is 8.83. The van der Waals surface area contributed by atoms with E-state index in [4.69, 9.17) is 4.74 Å². The Hall–Kier alpha value is -1.68. The molecule has 1 aliphatic rings. The summed E-state index contributed by atoms with van der Waals surface area (Å²) in [6.07, 6.45) is 0.229. The van der Waals surface area contributed by atoms with Crippen LogP contribution in [0.3, 0.4) is 0 Å². The van der Waals surface area contributed by atoms with Crippen LogP contribution in [0, 0.1) is 0 Å². The number of rotatable bonds is 6. The molecule has 1 fully saturated rings. The monoisotopic (exact) mass is 324 g/mol. The van der Waals surface area contributed by atoms with Gasteiger partial charge in [-0.3, -0.25) is 9.80 Å². The molecule has 0 spiro atoms. The molecular formula is C21H28N2O. The zero-order valence-corrected chi connectivity index (χ0v) is 14.8. The fraction of sp³-hybridized carbons (Fsp3) is 0.429. The van der Waals surface area contributed by atoms with Gasteiger partial charge in [-0.25, -0.2) is 0 Å². The summed E-state index contributed by atoms with van der Waals surface area (Å²) in [6, 6.07) is 21.9. The van der Waals surface area contributed by atoms with Crippen LogP contribution in [-0.2, 0) is 17.8 Å². The van der Waals surface area contributed by atoms with Gasteiger partial charge in [-0.05, 0) is 18.1 Å². The van der Waals surface area contributed by atoms with Crippen molar-refractivity contribution in [1.82, 2.24) is 9.80 Å². The van der Waals surface area contributed by atoms with Crippen molar-refractivity contribution in [3.8, 4) is 0 Å². The van der Waals surface area contributed by atoms with E-state index in [1.165, 1.54) is 11.1 Å². The second-order valence-electron chi connectivity index (χ2n) is 6.68. The molecule has 2 aromatic rings. The summed E-state index contributed by atoms with van der Waals surface area (Å²) in [5, 5.41) is 0. The number of benzene rings is 2. The van der Waals surface area contributed by atoms with Gasteiger partial charge in [0.15, 0.2) is 0 Å². The lowest BCUT2D eigenvalue weighted by atomic mass is 10.0. The van der Waals surface area contributed by atoms with E-state index in [2.05, 4.69) is 77.4 Å². The Morgan fingerprint density at radius 2 is 1.50 bits per heavy atom. The molecule has 3 rings (SSSR count). The van der Waals surface area contributed by atoms with Gasteiger partial charge in [-0.2, -0.15) is 0 Å². The molecule has 2 atom stereocenters. The maximum atomic E-state index is 5.69. The van der Waals surface area contributed by atoms with Crippen LogP contribution in [0.2, 0.25) is 0 Å². The Balaban J connectivity index is 1.66. The standard InChI is InChI=1S/C21H28N2O/c1-18(24-2)21-17-22(15-19-9-5-3-6-10-19)13-14-23(21)16-20-11-7-4-8-12-20/h3-12,18,21H,13-17H2,1-2H3. The Morgan fingerprint density at radius 3 is 2.08 bits per heavy atom. The van der Waals surface area contributed by atoms with Gasteiger partial charge in [-0.1, -0.05) is 60.7 Å². The van der Waals surface area contributed by atoms with Crippen LogP contribution in [0.5, 0.6) is 0 Å². The zero-order chi connectivity index (χ0) is 16.8. The number of methoxy groups -OCH3 is 1. The van der Waals surface area contributed by atoms with Crippen LogP contribution >= 0.6 is 0 Å². The van der Waals surface area contributed by atoms with Gasteiger partial charge in [0.1, 0.15) is 0 Å². The van der Waals surface area contributed by atoms with Crippen LogP contribution in [0.25, 0.3) is 0 Å². The number of hydrogen-bond acceptors (Lipinski definition) is 3. The highest BCUT2D eigenvalue weighted by molar-refractivity contribution is 5.16. The number of piperazine rings is 1. The molecule has 0 bridgehead atoms. The van der Waals surface area contributed by atoms with E-state index in [1.807, 2.05) is 7.11 Å². The van der Waals surface area contributed by atoms with Gasteiger partial charge >= 0.3 is 0 Å². The summed E-state index contributed by atoms with van der Waals surface area (Å²) >= 11 is 0. The number of hydrogen-bond donors (Lipinski definition) is 0. The third-order valence-corrected chi connectivity index (χ3v) is 5.01. The summed E-state index contributed by atoms with van der Waals surface area (Å²) in [5.41, 5.74) is 2.76. The molecule has 3 heteroatoms. The molecule has 1 aliphatic heterocycles. The molecule has 128 valence electrons. The SMILES string of the molecule is COC(C)C1CN(Cc2ccccc2)CCN1Cc1ccccc1. The third kappa shape index (κ3) is 4.44. The van der Waals surface area contributed by atoms with Crippen LogP contribution in [0.1, 0.15) is 18.1 Å². The highest BCUT2D eigenvalue weighted by Crippen LogP contribution is 2.19. The molecule has 0 saturated carbocycles. The van der Waals surface area contributed by atoms with Crippen molar-refractivity contribution in [2.75, 3.05) is 26.7 Å². The summed E-state index contributed by atoms with van der Waals surface area (Å²) in [4.78, 5) is 5.13. The normalized spacial score (nSPS) is 20.8. The van der Waals surface area contributed by atoms with Crippen LogP contribution in [0.15, 0.2) is 60.7 Å². The van der Waals surface area contributed by atoms with Gasteiger partial charge in [0.2, 0.25) is 0 Å². The minimum atomic E-state index is 0.229. The van der Waals surface area contributed by atoms with Crippen molar-refractivity contribution in [3.05, 3.63) is 71.8 Å². The Kier molecular flexibility index (Phi) is 6.02. The molecule has 24 heavy (non-hydrogen) atoms. The van der Waals surface area contributed by atoms with E-state index < -0.39 is 0 Å². The van der Waals surface area contributed by atoms with Crippen molar-refractivity contribution >= 4 is 0 Å². The zero-order valence-electron chi connectivity index (χ0n) is 14.8. The molecule has 1 saturated heterocycles. The summed E-state index contributed by atoms with van der Waals surface area (Å²) in [6.45, 7) is 7.45. The predicted octanol–water partition coefficient (Wildman–Crippen LogP) is 3.41. The molecule has 2 aromatic carbocycles. The van der Waals surface area contributed by atoms with E-state index in [1.54, 1.807) is 0 Å². The van der Waals surface area contributed by atoms with Gasteiger partial charge in [0.05, 0.1) is 6.10 Å². The lowest BCUT2D eigenvalue weighted by Gasteiger charge is -2.43. The average molecular weight is 324 g/mol. The molecule has 0 amide bonds. The van der Waals surface area contributed by atoms with Crippen molar-refractivity contribution < 1.29 is 4.74 Å². The second-order valence-corrected chi connectivity index (χ2v) is 6.68. The minimum Gasteiger partial charge on any atom is -0.380 e. The van der Waals surface area contributed by atoms with Gasteiger partial charge in [0, 0.05) is 45.9 Å². The molecule has 1 heterocycles. The quantitative estimate of drug-likeness (QED) is 0.810. The second kappa shape index (κ2) is 8.43. The van der Waals surface area contributed by atoms with Gasteiger partial charge in [0.25, 0.3) is 0 Å². The van der Waals surface area contributed by atoms with Crippen molar-refractivity contribution in [3.63, 3.8) is 0 Å². The molecule has 3 nitrogen and oxygen atoms in total. The van der Waals surface area contributed by atoms with Crippen LogP contribution in [-0.4, -0.2) is 48.7 Å². The van der Waals surface area contributed by atoms with Crippen molar-refractivity contribution in [2.45, 2.75) is 32.2 Å². The van der Waals surface area contributed by atoms with Crippen molar-refractivity contribution in [1.29, 1.82) is 0 Å². The van der Waals surface area contributed by atoms with E-state index in [0.717, 1.165) is 32.7 Å². The van der Waals surface area contributed by atoms with E-state index in [9.17, 15) is 0 Å². The smallest absolute Gasteiger partial charge is 0.0710 e. The number of nitrogens with zero attached hydrogens (tertiary/aromatic N) is 2. The molecule has 2 unspecified atom stereocenters. The Labute approximate surface area is 145 Å². The van der Waals surface area contributed by atoms with Gasteiger partial charge in [-0.15, -0.1) is 0 Å². The predicted molar refractivity (Wildman–Crippen MR) is 98.8 cm³/mol. The first kappa shape index (κ1) is 17.2. The summed E-state index contributed by atoms with van der Waals surface area (Å²) in [7, 11) is 1.82. The third-order valence-electron chi connectivity index (χ3n) is 5.01. The van der Waals surface area contributed by atoms with Crippen molar-refractivity contribution in [2.24, 2.45) is 0 Å². The summed E-state index contributed by atoms with van der Waals surface area (Å²) < 4.78 is 5.69. The topological polar surface area (TPSA) is 15.7 Å². The Bertz CT molecular complexity index is 602. The average Bonchev–Trinajstić information content (AvgIpc) is 2.64. The minimum absolute atomic E-state index is 0.229. The highest BCUT2D eigenvalue weighted by atomic mass is 16.5. The fourth-order valence-electron chi connectivity index (χ4n) is 3.51. The fourth-order valence-corrected chi connectivity index (χ4v) is 3.51. The first-order valence-electron chi connectivity index (χ1n) is 8.83. The lowest BCUT2D eigenvalue weighted by Crippen LogP contribution is -2.56. The Morgan fingerprint density at radius 1 is 0.917 bits per heavy atom. The van der Waals surface area contributed by atoms with E-state index in [-0.39, 0.29) is 6.10 Å². The highest BCUT2D eigenvalue weighted by Gasteiger charge is 2.31. The molecular weight excluding hydrogens is 296 g/mol. The summed E-state index contributed by atoms with van der Waals surface area (Å²) in [5.74, 6) is 0. The van der Waals surface area contributed by atoms with Crippen LogP contribution < -0.4 is 0 Å². The van der Waals surface area contributed by atoms with Crippen LogP contribution in [0.4, 0.5) is 0 Å². The van der Waals surface area contributed by atoms with Gasteiger partial charge < -0.3 is 4.74 Å². The maximum Gasteiger partial charge on any atom is 0.0710 e. The largest absolute Gasteiger partial charge is 0.380 e. The maximum absolute atomic E-state index is 5.69. The molecule has 0 aliphatic carbocycles. The molecule has 0 N–H and O–H groups in total. The molecule has 0 aromatic heterocycles.